The maximum Gasteiger partial charge on any atom is 0.273 e. The third-order valence-electron chi connectivity index (χ3n) is 3.03. The first kappa shape index (κ1) is 18.4. The van der Waals surface area contributed by atoms with Crippen molar-refractivity contribution >= 4 is 29.9 Å². The summed E-state index contributed by atoms with van der Waals surface area (Å²) in [5.74, 6) is -0.228. The molecular formula is C14H19Cl2N5O. The van der Waals surface area contributed by atoms with Gasteiger partial charge in [0.25, 0.3) is 5.91 Å². The first-order chi connectivity index (χ1) is 10.2. The quantitative estimate of drug-likeness (QED) is 0.785. The van der Waals surface area contributed by atoms with Crippen LogP contribution in [0.2, 0.25) is 5.02 Å². The molecule has 2 rings (SSSR count). The highest BCUT2D eigenvalue weighted by Crippen LogP contribution is 2.17. The fraction of sp³-hybridized carbons (Fsp3) is 0.357. The van der Waals surface area contributed by atoms with Crippen molar-refractivity contribution in [2.75, 3.05) is 13.1 Å². The molecular weight excluding hydrogens is 325 g/mol. The van der Waals surface area contributed by atoms with Crippen LogP contribution in [0, 0.1) is 0 Å². The van der Waals surface area contributed by atoms with E-state index in [1.807, 2.05) is 19.1 Å². The number of rotatable bonds is 6. The highest BCUT2D eigenvalue weighted by Gasteiger charge is 2.18. The molecule has 0 radical (unpaired) electrons. The van der Waals surface area contributed by atoms with Gasteiger partial charge in [-0.3, -0.25) is 4.79 Å². The fourth-order valence-electron chi connectivity index (χ4n) is 2.00. The number of hydrogen-bond acceptors (Lipinski definition) is 4. The van der Waals surface area contributed by atoms with E-state index in [2.05, 4.69) is 15.6 Å². The lowest BCUT2D eigenvalue weighted by Crippen LogP contribution is -2.27. The van der Waals surface area contributed by atoms with Crippen LogP contribution < -0.4 is 11.1 Å². The average Bonchev–Trinajstić information content (AvgIpc) is 2.91. The fourth-order valence-corrected chi connectivity index (χ4v) is 2.18. The Bertz CT molecular complexity index is 629. The average molecular weight is 344 g/mol. The Morgan fingerprint density at radius 3 is 2.86 bits per heavy atom. The first-order valence-corrected chi connectivity index (χ1v) is 7.24. The number of hydrogen-bond donors (Lipinski definition) is 2. The van der Waals surface area contributed by atoms with Crippen LogP contribution >= 0.6 is 24.0 Å². The minimum Gasteiger partial charge on any atom is -0.351 e. The molecule has 0 aliphatic rings. The van der Waals surface area contributed by atoms with E-state index in [4.69, 9.17) is 17.3 Å². The third kappa shape index (κ3) is 4.19. The molecule has 0 bridgehead atoms. The van der Waals surface area contributed by atoms with Crippen molar-refractivity contribution in [1.29, 1.82) is 0 Å². The Morgan fingerprint density at radius 2 is 2.23 bits per heavy atom. The molecule has 120 valence electrons. The predicted molar refractivity (Wildman–Crippen MR) is 89.0 cm³/mol. The number of nitrogens with two attached hydrogens (primary N) is 1. The topological polar surface area (TPSA) is 85.8 Å². The molecule has 1 aromatic heterocycles. The summed E-state index contributed by atoms with van der Waals surface area (Å²) in [6.45, 7) is 3.02. The van der Waals surface area contributed by atoms with E-state index in [1.165, 1.54) is 0 Å². The van der Waals surface area contributed by atoms with Crippen LogP contribution in [0.15, 0.2) is 24.3 Å². The SMILES string of the molecule is CCc1c(C(=O)NCCCN)nnn1-c1cccc(Cl)c1.Cl. The lowest BCUT2D eigenvalue weighted by atomic mass is 10.2. The van der Waals surface area contributed by atoms with Gasteiger partial charge in [0, 0.05) is 11.6 Å². The molecule has 3 N–H and O–H groups in total. The van der Waals surface area contributed by atoms with Gasteiger partial charge in [0.2, 0.25) is 0 Å². The van der Waals surface area contributed by atoms with Crippen molar-refractivity contribution in [2.45, 2.75) is 19.8 Å². The summed E-state index contributed by atoms with van der Waals surface area (Å²) in [6, 6.07) is 7.27. The largest absolute Gasteiger partial charge is 0.351 e. The summed E-state index contributed by atoms with van der Waals surface area (Å²) in [7, 11) is 0. The highest BCUT2D eigenvalue weighted by atomic mass is 35.5. The monoisotopic (exact) mass is 343 g/mol. The lowest BCUT2D eigenvalue weighted by molar-refractivity contribution is 0.0947. The summed E-state index contributed by atoms with van der Waals surface area (Å²) in [5, 5.41) is 11.5. The van der Waals surface area contributed by atoms with Gasteiger partial charge in [-0.05, 0) is 37.6 Å². The number of aromatic nitrogens is 3. The summed E-state index contributed by atoms with van der Waals surface area (Å²) in [4.78, 5) is 12.1. The number of nitrogens with zero attached hydrogens (tertiary/aromatic N) is 3. The Kier molecular flexibility index (Phi) is 7.31. The summed E-state index contributed by atoms with van der Waals surface area (Å²) in [6.07, 6.45) is 1.37. The maximum atomic E-state index is 12.1. The molecule has 8 heteroatoms. The molecule has 2 aromatic rings. The second-order valence-corrected chi connectivity index (χ2v) is 4.96. The summed E-state index contributed by atoms with van der Waals surface area (Å²) in [5.41, 5.74) is 7.29. The van der Waals surface area contributed by atoms with E-state index >= 15 is 0 Å². The Labute approximate surface area is 140 Å². The van der Waals surface area contributed by atoms with E-state index < -0.39 is 0 Å². The van der Waals surface area contributed by atoms with Gasteiger partial charge in [-0.25, -0.2) is 4.68 Å². The minimum atomic E-state index is -0.228. The number of carbonyl (C=O) groups is 1. The number of benzene rings is 1. The molecule has 1 amide bonds. The number of carbonyl (C=O) groups excluding carboxylic acids is 1. The van der Waals surface area contributed by atoms with Crippen molar-refractivity contribution in [2.24, 2.45) is 5.73 Å². The zero-order valence-corrected chi connectivity index (χ0v) is 13.8. The molecule has 0 saturated carbocycles. The van der Waals surface area contributed by atoms with Crippen LogP contribution in [0.5, 0.6) is 0 Å². The van der Waals surface area contributed by atoms with Crippen LogP contribution in [-0.4, -0.2) is 34.0 Å². The molecule has 0 atom stereocenters. The van der Waals surface area contributed by atoms with Gasteiger partial charge in [0.05, 0.1) is 11.4 Å². The summed E-state index contributed by atoms with van der Waals surface area (Å²) >= 11 is 5.99. The van der Waals surface area contributed by atoms with E-state index in [9.17, 15) is 4.79 Å². The van der Waals surface area contributed by atoms with Gasteiger partial charge in [0.15, 0.2) is 5.69 Å². The van der Waals surface area contributed by atoms with E-state index in [-0.39, 0.29) is 18.3 Å². The van der Waals surface area contributed by atoms with Crippen molar-refractivity contribution < 1.29 is 4.79 Å². The number of amides is 1. The highest BCUT2D eigenvalue weighted by molar-refractivity contribution is 6.30. The molecule has 1 aromatic carbocycles. The van der Waals surface area contributed by atoms with E-state index in [0.717, 1.165) is 17.8 Å². The molecule has 0 saturated heterocycles. The Hall–Kier alpha value is -1.63. The van der Waals surface area contributed by atoms with Gasteiger partial charge in [-0.2, -0.15) is 0 Å². The van der Waals surface area contributed by atoms with Crippen molar-refractivity contribution in [1.82, 2.24) is 20.3 Å². The molecule has 0 fully saturated rings. The van der Waals surface area contributed by atoms with Crippen LogP contribution in [0.25, 0.3) is 5.69 Å². The third-order valence-corrected chi connectivity index (χ3v) is 3.27. The molecule has 0 spiro atoms. The second-order valence-electron chi connectivity index (χ2n) is 4.53. The van der Waals surface area contributed by atoms with Crippen LogP contribution in [0.4, 0.5) is 0 Å². The van der Waals surface area contributed by atoms with E-state index in [1.54, 1.807) is 16.8 Å². The molecule has 0 aliphatic heterocycles. The normalized spacial score (nSPS) is 10.1. The van der Waals surface area contributed by atoms with Gasteiger partial charge < -0.3 is 11.1 Å². The van der Waals surface area contributed by atoms with Gasteiger partial charge in [0.1, 0.15) is 0 Å². The number of nitrogens with one attached hydrogen (secondary N) is 1. The van der Waals surface area contributed by atoms with Gasteiger partial charge in [-0.1, -0.05) is 29.8 Å². The molecule has 0 aliphatic carbocycles. The smallest absolute Gasteiger partial charge is 0.273 e. The zero-order valence-electron chi connectivity index (χ0n) is 12.3. The Morgan fingerprint density at radius 1 is 1.45 bits per heavy atom. The lowest BCUT2D eigenvalue weighted by Gasteiger charge is -2.07. The molecule has 22 heavy (non-hydrogen) atoms. The second kappa shape index (κ2) is 8.73. The molecule has 0 unspecified atom stereocenters. The minimum absolute atomic E-state index is 0. The molecule has 1 heterocycles. The van der Waals surface area contributed by atoms with Crippen LogP contribution in [0.3, 0.4) is 0 Å². The molecule has 6 nitrogen and oxygen atoms in total. The van der Waals surface area contributed by atoms with Crippen LogP contribution in [-0.2, 0) is 6.42 Å². The zero-order chi connectivity index (χ0) is 15.2. The number of halogens is 2. The van der Waals surface area contributed by atoms with Gasteiger partial charge in [-0.15, -0.1) is 17.5 Å². The van der Waals surface area contributed by atoms with Crippen LogP contribution in [0.1, 0.15) is 29.5 Å². The van der Waals surface area contributed by atoms with Crippen molar-refractivity contribution in [3.05, 3.63) is 40.7 Å². The van der Waals surface area contributed by atoms with E-state index in [0.29, 0.717) is 30.2 Å². The Balaban J connectivity index is 0.00000242. The van der Waals surface area contributed by atoms with Crippen molar-refractivity contribution in [3.63, 3.8) is 0 Å². The van der Waals surface area contributed by atoms with Crippen molar-refractivity contribution in [3.8, 4) is 5.69 Å². The maximum absolute atomic E-state index is 12.1. The first-order valence-electron chi connectivity index (χ1n) is 6.86. The predicted octanol–water partition coefficient (Wildman–Crippen LogP) is 1.98. The standard InChI is InChI=1S/C14H18ClN5O.ClH/c1-2-12-13(14(21)17-8-4-7-16)18-19-20(12)11-6-3-5-10(15)9-11;/h3,5-6,9H,2,4,7-8,16H2,1H3,(H,17,21);1H. The van der Waals surface area contributed by atoms with Gasteiger partial charge >= 0.3 is 0 Å². The summed E-state index contributed by atoms with van der Waals surface area (Å²) < 4.78 is 1.64.